The van der Waals surface area contributed by atoms with Crippen molar-refractivity contribution in [3.05, 3.63) is 48.6 Å². The molecule has 0 aliphatic rings. The number of hydrogen-bond acceptors (Lipinski definition) is 11. The van der Waals surface area contributed by atoms with Crippen LogP contribution in [-0.4, -0.2) is 88.1 Å². The maximum Gasteiger partial charge on any atom is 0.472 e. The zero-order valence-corrected chi connectivity index (χ0v) is 41.8. The molecule has 0 spiro atoms. The van der Waals surface area contributed by atoms with E-state index >= 15 is 0 Å². The van der Waals surface area contributed by atoms with Gasteiger partial charge < -0.3 is 34.8 Å². The first-order valence-electron chi connectivity index (χ1n) is 25.8. The van der Waals surface area contributed by atoms with Crippen molar-refractivity contribution >= 4 is 19.8 Å². The van der Waals surface area contributed by atoms with Gasteiger partial charge in [0.2, 0.25) is 0 Å². The first-order chi connectivity index (χ1) is 31.6. The second-order valence-corrected chi connectivity index (χ2v) is 18.9. The van der Waals surface area contributed by atoms with Crippen LogP contribution in [0.2, 0.25) is 0 Å². The molecule has 65 heavy (non-hydrogen) atoms. The minimum absolute atomic E-state index is 0.125. The van der Waals surface area contributed by atoms with Crippen LogP contribution in [0.4, 0.5) is 0 Å². The number of phosphoric ester groups is 1. The van der Waals surface area contributed by atoms with Gasteiger partial charge in [-0.1, -0.05) is 140 Å². The molecule has 0 aromatic carbocycles. The Kier molecular flexibility index (Phi) is 45.4. The summed E-state index contributed by atoms with van der Waals surface area (Å²) < 4.78 is 33.1. The molecule has 380 valence electrons. The summed E-state index contributed by atoms with van der Waals surface area (Å²) in [5.41, 5.74) is 0. The topological polar surface area (TPSA) is 189 Å². The molecule has 5 atom stereocenters. The van der Waals surface area contributed by atoms with E-state index < -0.39 is 64.0 Å². The molecule has 0 saturated carbocycles. The Morgan fingerprint density at radius 1 is 0.462 bits per heavy atom. The molecule has 0 radical (unpaired) electrons. The molecule has 0 bridgehead atoms. The number of esters is 2. The van der Waals surface area contributed by atoms with Gasteiger partial charge in [0.1, 0.15) is 24.9 Å². The Balaban J connectivity index is 4.46. The fraction of sp³-hybridized carbons (Fsp3) is 0.808. The third kappa shape index (κ3) is 44.1. The Labute approximate surface area is 395 Å². The molecule has 1 unspecified atom stereocenters. The Hall–Kier alpha value is -2.15. The third-order valence-corrected chi connectivity index (χ3v) is 12.1. The van der Waals surface area contributed by atoms with E-state index in [1.54, 1.807) is 0 Å². The number of rotatable bonds is 48. The quantitative estimate of drug-likeness (QED) is 0.0168. The minimum Gasteiger partial charge on any atom is -0.462 e. The number of allylic oxidation sites excluding steroid dienone is 8. The van der Waals surface area contributed by atoms with Gasteiger partial charge in [-0.15, -0.1) is 0 Å². The molecule has 0 aromatic heterocycles. The van der Waals surface area contributed by atoms with Crippen molar-refractivity contribution in [3.8, 4) is 0 Å². The summed E-state index contributed by atoms with van der Waals surface area (Å²) in [6.07, 6.45) is 45.9. The summed E-state index contributed by atoms with van der Waals surface area (Å²) in [7, 11) is -4.84. The summed E-state index contributed by atoms with van der Waals surface area (Å²) in [5, 5.41) is 38.2. The number of phosphoric acid groups is 1. The van der Waals surface area contributed by atoms with Gasteiger partial charge in [-0.25, -0.2) is 4.57 Å². The molecule has 0 aliphatic carbocycles. The van der Waals surface area contributed by atoms with Gasteiger partial charge in [-0.05, 0) is 116 Å². The number of aliphatic hydroxyl groups excluding tert-OH is 4. The zero-order valence-electron chi connectivity index (χ0n) is 40.9. The van der Waals surface area contributed by atoms with Crippen molar-refractivity contribution in [1.82, 2.24) is 0 Å². The Morgan fingerprint density at radius 3 is 1.20 bits per heavy atom. The number of ether oxygens (including phenoxy) is 2. The first kappa shape index (κ1) is 62.8. The van der Waals surface area contributed by atoms with Crippen molar-refractivity contribution in [3.63, 3.8) is 0 Å². The average Bonchev–Trinajstić information content (AvgIpc) is 3.30. The molecule has 0 saturated heterocycles. The van der Waals surface area contributed by atoms with Gasteiger partial charge in [-0.2, -0.15) is 0 Å². The lowest BCUT2D eigenvalue weighted by molar-refractivity contribution is -0.161. The van der Waals surface area contributed by atoms with Gasteiger partial charge in [0.15, 0.2) is 6.10 Å². The number of hydrogen-bond donors (Lipinski definition) is 5. The van der Waals surface area contributed by atoms with Crippen LogP contribution >= 0.6 is 7.82 Å². The van der Waals surface area contributed by atoms with Crippen LogP contribution < -0.4 is 0 Å². The fourth-order valence-electron chi connectivity index (χ4n) is 6.96. The summed E-state index contributed by atoms with van der Waals surface area (Å²) in [4.78, 5) is 35.5. The molecule has 0 aromatic rings. The molecule has 0 rings (SSSR count). The van der Waals surface area contributed by atoms with Gasteiger partial charge in [-0.3, -0.25) is 18.6 Å². The SMILES string of the molecule is CCCCCC=CCCCCC=CCCCCCCCCC(=O)OC[C@H](COP(=O)(O)OC[C@@H](O)[C@@H](O)[C@H](O)CO)OC(=O)CCCCCCCC/C=C\CCCC/C=C\CCCCC. The van der Waals surface area contributed by atoms with Crippen LogP contribution in [0.15, 0.2) is 48.6 Å². The Bertz CT molecular complexity index is 1250. The maximum atomic E-state index is 12.7. The van der Waals surface area contributed by atoms with Crippen molar-refractivity contribution < 1.29 is 58.0 Å². The lowest BCUT2D eigenvalue weighted by Crippen LogP contribution is -2.41. The highest BCUT2D eigenvalue weighted by atomic mass is 31.2. The normalized spacial score (nSPS) is 15.0. The number of carbonyl (C=O) groups is 2. The fourth-order valence-corrected chi connectivity index (χ4v) is 7.73. The predicted molar refractivity (Wildman–Crippen MR) is 263 cm³/mol. The van der Waals surface area contributed by atoms with Gasteiger partial charge in [0.05, 0.1) is 19.8 Å². The number of carbonyl (C=O) groups excluding carboxylic acids is 2. The largest absolute Gasteiger partial charge is 0.472 e. The average molecular weight is 943 g/mol. The second kappa shape index (κ2) is 46.9. The van der Waals surface area contributed by atoms with E-state index in [0.29, 0.717) is 12.8 Å². The molecular weight excluding hydrogens is 848 g/mol. The number of aliphatic hydroxyl groups is 4. The molecule has 5 N–H and O–H groups in total. The van der Waals surface area contributed by atoms with Crippen molar-refractivity contribution in [2.24, 2.45) is 0 Å². The van der Waals surface area contributed by atoms with E-state index in [1.807, 2.05) is 0 Å². The highest BCUT2D eigenvalue weighted by Crippen LogP contribution is 2.43. The van der Waals surface area contributed by atoms with Crippen LogP contribution in [0.1, 0.15) is 219 Å². The van der Waals surface area contributed by atoms with Crippen molar-refractivity contribution in [1.29, 1.82) is 0 Å². The van der Waals surface area contributed by atoms with E-state index in [2.05, 4.69) is 62.5 Å². The monoisotopic (exact) mass is 943 g/mol. The molecule has 0 fully saturated rings. The predicted octanol–water partition coefficient (Wildman–Crippen LogP) is 12.4. The minimum atomic E-state index is -4.84. The lowest BCUT2D eigenvalue weighted by atomic mass is 10.1. The first-order valence-corrected chi connectivity index (χ1v) is 27.3. The summed E-state index contributed by atoms with van der Waals surface area (Å²) in [5.74, 6) is -1.03. The van der Waals surface area contributed by atoms with Gasteiger partial charge in [0, 0.05) is 12.8 Å². The van der Waals surface area contributed by atoms with Gasteiger partial charge >= 0.3 is 19.8 Å². The highest BCUT2D eigenvalue weighted by Gasteiger charge is 2.30. The summed E-state index contributed by atoms with van der Waals surface area (Å²) in [6, 6.07) is 0. The van der Waals surface area contributed by atoms with Crippen LogP contribution in [0.3, 0.4) is 0 Å². The zero-order chi connectivity index (χ0) is 47.9. The highest BCUT2D eigenvalue weighted by molar-refractivity contribution is 7.47. The summed E-state index contributed by atoms with van der Waals surface area (Å²) >= 11 is 0. The second-order valence-electron chi connectivity index (χ2n) is 17.4. The smallest absolute Gasteiger partial charge is 0.462 e. The third-order valence-electron chi connectivity index (χ3n) is 11.1. The van der Waals surface area contributed by atoms with Crippen LogP contribution in [0.5, 0.6) is 0 Å². The summed E-state index contributed by atoms with van der Waals surface area (Å²) in [6.45, 7) is 1.70. The molecule has 0 amide bonds. The van der Waals surface area contributed by atoms with Crippen molar-refractivity contribution in [2.75, 3.05) is 26.4 Å². The lowest BCUT2D eigenvalue weighted by Gasteiger charge is -2.23. The molecule has 0 heterocycles. The molecular formula is C52H95O12P. The molecule has 12 nitrogen and oxygen atoms in total. The van der Waals surface area contributed by atoms with E-state index in [9.17, 15) is 34.4 Å². The standard InChI is InChI=1S/C52H95O12P/c1-3-5-7-9-11-13-15-17-19-21-23-25-27-29-31-33-35-37-39-41-50(56)61-44-47(45-62-65(59,60)63-46-49(55)52(58)48(54)43-53)64-51(57)42-40-38-36-34-32-30-28-26-24-22-20-18-16-14-12-10-8-6-4-2/h11-14,23-26,47-49,52-55,58H,3-10,15-22,27-46H2,1-2H3,(H,59,60)/b13-11?,14-12-,25-23?,26-24-/t47-,48-,49-,52+/m1/s1. The van der Waals surface area contributed by atoms with Gasteiger partial charge in [0.25, 0.3) is 0 Å². The maximum absolute atomic E-state index is 12.7. The van der Waals surface area contributed by atoms with Crippen LogP contribution in [0.25, 0.3) is 0 Å². The van der Waals surface area contributed by atoms with Crippen LogP contribution in [0, 0.1) is 0 Å². The Morgan fingerprint density at radius 2 is 0.800 bits per heavy atom. The van der Waals surface area contributed by atoms with Crippen molar-refractivity contribution in [2.45, 2.75) is 244 Å². The van der Waals surface area contributed by atoms with E-state index in [1.165, 1.54) is 89.9 Å². The molecule has 0 aliphatic heterocycles. The van der Waals surface area contributed by atoms with E-state index in [0.717, 1.165) is 89.9 Å². The van der Waals surface area contributed by atoms with E-state index in [-0.39, 0.29) is 19.4 Å². The van der Waals surface area contributed by atoms with E-state index in [4.69, 9.17) is 23.6 Å². The number of unbranched alkanes of at least 4 members (excludes halogenated alkanes) is 24. The van der Waals surface area contributed by atoms with Crippen LogP contribution in [-0.2, 0) is 32.7 Å². The molecule has 13 heteroatoms.